The van der Waals surface area contributed by atoms with Crippen molar-refractivity contribution in [2.75, 3.05) is 0 Å². The van der Waals surface area contributed by atoms with Gasteiger partial charge in [-0.05, 0) is 24.7 Å². The van der Waals surface area contributed by atoms with Crippen molar-refractivity contribution in [3.63, 3.8) is 0 Å². The van der Waals surface area contributed by atoms with Gasteiger partial charge in [0, 0.05) is 0 Å². The molecule has 2 N–H and O–H groups in total. The van der Waals surface area contributed by atoms with Gasteiger partial charge in [0.25, 0.3) is 0 Å². The summed E-state index contributed by atoms with van der Waals surface area (Å²) in [4.78, 5) is 22.0. The van der Waals surface area contributed by atoms with Crippen LogP contribution < -0.4 is 0 Å². The van der Waals surface area contributed by atoms with Gasteiger partial charge in [0.05, 0.1) is 11.8 Å². The van der Waals surface area contributed by atoms with Crippen LogP contribution in [0.15, 0.2) is 0 Å². The molecule has 0 spiro atoms. The lowest BCUT2D eigenvalue weighted by Gasteiger charge is -2.32. The van der Waals surface area contributed by atoms with Gasteiger partial charge in [-0.25, -0.2) is 0 Å². The second-order valence-corrected chi connectivity index (χ2v) is 4.94. The summed E-state index contributed by atoms with van der Waals surface area (Å²) in [5, 5.41) is 18.1. The van der Waals surface area contributed by atoms with Crippen molar-refractivity contribution in [3.8, 4) is 0 Å². The number of aliphatic carboxylic acids is 2. The van der Waals surface area contributed by atoms with Gasteiger partial charge in [-0.3, -0.25) is 9.59 Å². The molecule has 0 aliphatic carbocycles. The highest BCUT2D eigenvalue weighted by atomic mass is 16.4. The summed E-state index contributed by atoms with van der Waals surface area (Å²) >= 11 is 0. The highest BCUT2D eigenvalue weighted by Crippen LogP contribution is 2.37. The Morgan fingerprint density at radius 2 is 1.56 bits per heavy atom. The molecule has 0 radical (unpaired) electrons. The largest absolute Gasteiger partial charge is 0.481 e. The van der Waals surface area contributed by atoms with Gasteiger partial charge in [-0.2, -0.15) is 0 Å². The van der Waals surface area contributed by atoms with Gasteiger partial charge in [0.2, 0.25) is 0 Å². The minimum atomic E-state index is -0.840. The molecular formula is C12H22O4. The average molecular weight is 230 g/mol. The Bertz CT molecular complexity index is 258. The maximum absolute atomic E-state index is 11.1. The van der Waals surface area contributed by atoms with Crippen LogP contribution in [0.25, 0.3) is 0 Å². The zero-order valence-electron chi connectivity index (χ0n) is 10.5. The lowest BCUT2D eigenvalue weighted by Crippen LogP contribution is -2.34. The van der Waals surface area contributed by atoms with E-state index in [1.165, 1.54) is 0 Å². The van der Waals surface area contributed by atoms with E-state index in [0.717, 1.165) is 0 Å². The predicted octanol–water partition coefficient (Wildman–Crippen LogP) is 2.62. The second kappa shape index (κ2) is 5.87. The Balaban J connectivity index is 4.76. The minimum absolute atomic E-state index is 0.406. The van der Waals surface area contributed by atoms with Crippen LogP contribution in [0.2, 0.25) is 0 Å². The smallest absolute Gasteiger partial charge is 0.307 e. The lowest BCUT2D eigenvalue weighted by molar-refractivity contribution is -0.150. The first-order chi connectivity index (χ1) is 7.26. The highest BCUT2D eigenvalue weighted by Gasteiger charge is 2.36. The molecule has 16 heavy (non-hydrogen) atoms. The maximum Gasteiger partial charge on any atom is 0.307 e. The van der Waals surface area contributed by atoms with Crippen molar-refractivity contribution in [2.24, 2.45) is 17.3 Å². The first-order valence-corrected chi connectivity index (χ1v) is 5.71. The Kier molecular flexibility index (Phi) is 5.48. The zero-order valence-corrected chi connectivity index (χ0v) is 10.5. The standard InChI is InChI=1S/C12H22O4/c1-5-8(10(13)14)7-12(3,4)9(6-2)11(15)16/h8-9H,5-7H2,1-4H3,(H,13,14)(H,15,16). The number of hydrogen-bond acceptors (Lipinski definition) is 2. The molecule has 4 heteroatoms. The molecule has 94 valence electrons. The van der Waals surface area contributed by atoms with Gasteiger partial charge in [0.1, 0.15) is 0 Å². The third-order valence-electron chi connectivity index (χ3n) is 3.26. The first-order valence-electron chi connectivity index (χ1n) is 5.71. The van der Waals surface area contributed by atoms with Crippen LogP contribution in [0.4, 0.5) is 0 Å². The van der Waals surface area contributed by atoms with Crippen LogP contribution in [-0.2, 0) is 9.59 Å². The van der Waals surface area contributed by atoms with E-state index >= 15 is 0 Å². The normalized spacial score (nSPS) is 15.5. The molecule has 0 saturated carbocycles. The summed E-state index contributed by atoms with van der Waals surface area (Å²) in [7, 11) is 0. The molecule has 0 fully saturated rings. The molecule has 2 unspecified atom stereocenters. The molecule has 2 atom stereocenters. The zero-order chi connectivity index (χ0) is 12.9. The summed E-state index contributed by atoms with van der Waals surface area (Å²) in [6.45, 7) is 7.31. The van der Waals surface area contributed by atoms with E-state index in [0.29, 0.717) is 19.3 Å². The summed E-state index contributed by atoms with van der Waals surface area (Å²) in [6, 6.07) is 0. The minimum Gasteiger partial charge on any atom is -0.481 e. The molecule has 0 aliphatic heterocycles. The summed E-state index contributed by atoms with van der Waals surface area (Å²) < 4.78 is 0. The van der Waals surface area contributed by atoms with E-state index in [-0.39, 0.29) is 0 Å². The van der Waals surface area contributed by atoms with Crippen molar-refractivity contribution in [3.05, 3.63) is 0 Å². The topological polar surface area (TPSA) is 74.6 Å². The van der Waals surface area contributed by atoms with Crippen LogP contribution in [0.3, 0.4) is 0 Å². The van der Waals surface area contributed by atoms with E-state index in [1.54, 1.807) is 0 Å². The third kappa shape index (κ3) is 3.83. The van der Waals surface area contributed by atoms with Crippen molar-refractivity contribution >= 4 is 11.9 Å². The molecule has 0 heterocycles. The lowest BCUT2D eigenvalue weighted by atomic mass is 9.71. The van der Waals surface area contributed by atoms with Gasteiger partial charge in [-0.1, -0.05) is 27.7 Å². The maximum atomic E-state index is 11.1. The molecule has 0 aromatic heterocycles. The Labute approximate surface area is 96.7 Å². The molecular weight excluding hydrogens is 208 g/mol. The number of carboxylic acids is 2. The van der Waals surface area contributed by atoms with E-state index in [1.807, 2.05) is 27.7 Å². The third-order valence-corrected chi connectivity index (χ3v) is 3.26. The van der Waals surface area contributed by atoms with E-state index in [4.69, 9.17) is 10.2 Å². The number of hydrogen-bond donors (Lipinski definition) is 2. The summed E-state index contributed by atoms with van der Waals surface area (Å²) in [5.41, 5.74) is -0.486. The summed E-state index contributed by atoms with van der Waals surface area (Å²) in [6.07, 6.45) is 1.47. The van der Waals surface area contributed by atoms with Gasteiger partial charge < -0.3 is 10.2 Å². The predicted molar refractivity (Wildman–Crippen MR) is 61.2 cm³/mol. The Hall–Kier alpha value is -1.06. The molecule has 0 saturated heterocycles. The van der Waals surface area contributed by atoms with Crippen LogP contribution >= 0.6 is 0 Å². The monoisotopic (exact) mass is 230 g/mol. The van der Waals surface area contributed by atoms with E-state index in [2.05, 4.69) is 0 Å². The van der Waals surface area contributed by atoms with Crippen LogP contribution in [-0.4, -0.2) is 22.2 Å². The van der Waals surface area contributed by atoms with Crippen LogP contribution in [0.5, 0.6) is 0 Å². The van der Waals surface area contributed by atoms with Gasteiger partial charge >= 0.3 is 11.9 Å². The molecule has 0 aromatic rings. The average Bonchev–Trinajstić information content (AvgIpc) is 2.13. The van der Waals surface area contributed by atoms with Crippen LogP contribution in [0.1, 0.15) is 47.0 Å². The quantitative estimate of drug-likeness (QED) is 0.705. The van der Waals surface area contributed by atoms with Gasteiger partial charge in [-0.15, -0.1) is 0 Å². The molecule has 0 aliphatic rings. The number of rotatable bonds is 7. The molecule has 0 rings (SSSR count). The second-order valence-electron chi connectivity index (χ2n) is 4.94. The molecule has 0 bridgehead atoms. The molecule has 0 aromatic carbocycles. The fourth-order valence-corrected chi connectivity index (χ4v) is 2.25. The summed E-state index contributed by atoms with van der Waals surface area (Å²) in [5.74, 6) is -2.62. The SMILES string of the molecule is CCC(CC(C)(C)C(CC)C(=O)O)C(=O)O. The Morgan fingerprint density at radius 3 is 1.81 bits per heavy atom. The molecule has 4 nitrogen and oxygen atoms in total. The van der Waals surface area contributed by atoms with E-state index in [9.17, 15) is 9.59 Å². The van der Waals surface area contributed by atoms with Crippen LogP contribution in [0, 0.1) is 17.3 Å². The highest BCUT2D eigenvalue weighted by molar-refractivity contribution is 5.72. The van der Waals surface area contributed by atoms with Crippen molar-refractivity contribution in [1.29, 1.82) is 0 Å². The molecule has 0 amide bonds. The van der Waals surface area contributed by atoms with Crippen molar-refractivity contribution in [1.82, 2.24) is 0 Å². The fourth-order valence-electron chi connectivity index (χ4n) is 2.25. The first kappa shape index (κ1) is 14.9. The number of carbonyl (C=O) groups is 2. The van der Waals surface area contributed by atoms with Crippen molar-refractivity contribution < 1.29 is 19.8 Å². The van der Waals surface area contributed by atoms with E-state index < -0.39 is 29.2 Å². The van der Waals surface area contributed by atoms with Gasteiger partial charge in [0.15, 0.2) is 0 Å². The number of carboxylic acid groups (broad SMARTS) is 2. The fraction of sp³-hybridized carbons (Fsp3) is 0.833. The Morgan fingerprint density at radius 1 is 1.06 bits per heavy atom. The van der Waals surface area contributed by atoms with Crippen molar-refractivity contribution in [2.45, 2.75) is 47.0 Å².